The Hall–Kier alpha value is -1.06. The number of rotatable bonds is 4. The van der Waals surface area contributed by atoms with Gasteiger partial charge in [0.1, 0.15) is 5.82 Å². The summed E-state index contributed by atoms with van der Waals surface area (Å²) in [6, 6.07) is 6.41. The molecule has 0 fully saturated rings. The molecule has 84 valence electrons. The zero-order valence-corrected chi connectivity index (χ0v) is 10.1. The fourth-order valence-electron chi connectivity index (χ4n) is 1.41. The zero-order valence-electron chi connectivity index (χ0n) is 8.54. The second-order valence-electron chi connectivity index (χ2n) is 3.43. The molecule has 0 atom stereocenters. The van der Waals surface area contributed by atoms with E-state index in [0.717, 1.165) is 13.0 Å². The van der Waals surface area contributed by atoms with Gasteiger partial charge in [-0.1, -0.05) is 11.6 Å². The van der Waals surface area contributed by atoms with Gasteiger partial charge in [0.05, 0.1) is 10.7 Å². The third kappa shape index (κ3) is 2.97. The number of benzene rings is 1. The van der Waals surface area contributed by atoms with Crippen molar-refractivity contribution < 1.29 is 4.39 Å². The van der Waals surface area contributed by atoms with E-state index in [2.05, 4.69) is 16.8 Å². The van der Waals surface area contributed by atoms with Gasteiger partial charge in [0.15, 0.2) is 0 Å². The van der Waals surface area contributed by atoms with Gasteiger partial charge in [-0.25, -0.2) is 4.39 Å². The summed E-state index contributed by atoms with van der Waals surface area (Å²) in [5.41, 5.74) is 1.93. The summed E-state index contributed by atoms with van der Waals surface area (Å²) in [5.74, 6) is -0.276. The average Bonchev–Trinajstić information content (AvgIpc) is 2.76. The standard InChI is InChI=1S/C12H11ClFNS/c13-11-2-1-10(14)7-12(11)15-5-3-9-4-6-16-8-9/h1-2,4,6-8,15H,3,5H2. The molecule has 0 radical (unpaired) electrons. The molecule has 0 aliphatic carbocycles. The summed E-state index contributed by atoms with van der Waals surface area (Å²) in [4.78, 5) is 0. The smallest absolute Gasteiger partial charge is 0.125 e. The minimum atomic E-state index is -0.276. The minimum absolute atomic E-state index is 0.276. The maximum atomic E-state index is 13.0. The molecule has 4 heteroatoms. The van der Waals surface area contributed by atoms with E-state index in [-0.39, 0.29) is 5.82 Å². The van der Waals surface area contributed by atoms with E-state index in [0.29, 0.717) is 10.7 Å². The molecular formula is C12H11ClFNS. The molecule has 0 saturated carbocycles. The first kappa shape index (κ1) is 11.4. The van der Waals surface area contributed by atoms with Crippen LogP contribution in [0.5, 0.6) is 0 Å². The summed E-state index contributed by atoms with van der Waals surface area (Å²) in [6.45, 7) is 0.750. The van der Waals surface area contributed by atoms with Crippen molar-refractivity contribution in [3.63, 3.8) is 0 Å². The van der Waals surface area contributed by atoms with E-state index in [1.54, 1.807) is 17.4 Å². The Bertz CT molecular complexity index is 456. The maximum absolute atomic E-state index is 13.0. The van der Waals surface area contributed by atoms with Gasteiger partial charge in [0, 0.05) is 6.54 Å². The first-order valence-corrected chi connectivity index (χ1v) is 6.28. The van der Waals surface area contributed by atoms with Crippen LogP contribution in [-0.2, 0) is 6.42 Å². The van der Waals surface area contributed by atoms with E-state index in [9.17, 15) is 4.39 Å². The minimum Gasteiger partial charge on any atom is -0.383 e. The predicted molar refractivity (Wildman–Crippen MR) is 67.9 cm³/mol. The normalized spacial score (nSPS) is 10.4. The topological polar surface area (TPSA) is 12.0 Å². The van der Waals surface area contributed by atoms with Crippen LogP contribution in [0.2, 0.25) is 5.02 Å². The SMILES string of the molecule is Fc1ccc(Cl)c(NCCc2ccsc2)c1. The first-order chi connectivity index (χ1) is 7.75. The summed E-state index contributed by atoms with van der Waals surface area (Å²) in [6.07, 6.45) is 0.913. The summed E-state index contributed by atoms with van der Waals surface area (Å²) < 4.78 is 13.0. The van der Waals surface area contributed by atoms with Gasteiger partial charge in [-0.15, -0.1) is 0 Å². The van der Waals surface area contributed by atoms with E-state index in [1.807, 2.05) is 5.38 Å². The van der Waals surface area contributed by atoms with Gasteiger partial charge in [-0.05, 0) is 47.0 Å². The molecule has 1 nitrogen and oxygen atoms in total. The highest BCUT2D eigenvalue weighted by Gasteiger charge is 2.01. The highest BCUT2D eigenvalue weighted by atomic mass is 35.5. The van der Waals surface area contributed by atoms with Gasteiger partial charge in [0.2, 0.25) is 0 Å². The molecule has 0 unspecified atom stereocenters. The van der Waals surface area contributed by atoms with Crippen molar-refractivity contribution in [3.05, 3.63) is 51.4 Å². The molecule has 2 rings (SSSR count). The van der Waals surface area contributed by atoms with Gasteiger partial charge in [0.25, 0.3) is 0 Å². The molecule has 16 heavy (non-hydrogen) atoms. The number of thiophene rings is 1. The Morgan fingerprint density at radius 3 is 2.94 bits per heavy atom. The Kier molecular flexibility index (Phi) is 3.80. The van der Waals surface area contributed by atoms with Crippen LogP contribution in [0.3, 0.4) is 0 Å². The number of hydrogen-bond donors (Lipinski definition) is 1. The van der Waals surface area contributed by atoms with Crippen LogP contribution in [0.15, 0.2) is 35.0 Å². The number of halogens is 2. The molecule has 1 heterocycles. The molecule has 1 N–H and O–H groups in total. The van der Waals surface area contributed by atoms with Crippen LogP contribution >= 0.6 is 22.9 Å². The lowest BCUT2D eigenvalue weighted by Crippen LogP contribution is -2.04. The fourth-order valence-corrected chi connectivity index (χ4v) is 2.30. The fraction of sp³-hybridized carbons (Fsp3) is 0.167. The Balaban J connectivity index is 1.92. The van der Waals surface area contributed by atoms with Crippen LogP contribution in [0.25, 0.3) is 0 Å². The average molecular weight is 256 g/mol. The van der Waals surface area contributed by atoms with Gasteiger partial charge in [-0.3, -0.25) is 0 Å². The molecule has 0 amide bonds. The lowest BCUT2D eigenvalue weighted by molar-refractivity contribution is 0.628. The van der Waals surface area contributed by atoms with Gasteiger partial charge < -0.3 is 5.32 Å². The largest absolute Gasteiger partial charge is 0.383 e. The Morgan fingerprint density at radius 1 is 1.31 bits per heavy atom. The molecule has 0 saturated heterocycles. The summed E-state index contributed by atoms with van der Waals surface area (Å²) >= 11 is 7.61. The number of anilines is 1. The molecule has 0 aliphatic heterocycles. The molecule has 0 aliphatic rings. The van der Waals surface area contributed by atoms with E-state index in [4.69, 9.17) is 11.6 Å². The molecule has 1 aromatic carbocycles. The zero-order chi connectivity index (χ0) is 11.4. The van der Waals surface area contributed by atoms with E-state index in [1.165, 1.54) is 17.7 Å². The highest BCUT2D eigenvalue weighted by Crippen LogP contribution is 2.22. The van der Waals surface area contributed by atoms with Crippen LogP contribution in [0.4, 0.5) is 10.1 Å². The molecule has 1 aromatic heterocycles. The van der Waals surface area contributed by atoms with Crippen LogP contribution in [0.1, 0.15) is 5.56 Å². The van der Waals surface area contributed by atoms with Crippen molar-refractivity contribution >= 4 is 28.6 Å². The summed E-state index contributed by atoms with van der Waals surface area (Å²) in [7, 11) is 0. The Morgan fingerprint density at radius 2 is 2.19 bits per heavy atom. The second-order valence-corrected chi connectivity index (χ2v) is 4.62. The molecular weight excluding hydrogens is 245 g/mol. The third-order valence-electron chi connectivity index (χ3n) is 2.24. The lowest BCUT2D eigenvalue weighted by atomic mass is 10.2. The molecule has 0 bridgehead atoms. The number of nitrogens with one attached hydrogen (secondary N) is 1. The molecule has 2 aromatic rings. The van der Waals surface area contributed by atoms with Gasteiger partial charge >= 0.3 is 0 Å². The second kappa shape index (κ2) is 5.32. The Labute approximate surface area is 103 Å². The van der Waals surface area contributed by atoms with Crippen molar-refractivity contribution in [1.29, 1.82) is 0 Å². The predicted octanol–water partition coefficient (Wildman–Crippen LogP) is 4.20. The van der Waals surface area contributed by atoms with E-state index >= 15 is 0 Å². The number of hydrogen-bond acceptors (Lipinski definition) is 2. The monoisotopic (exact) mass is 255 g/mol. The van der Waals surface area contributed by atoms with Crippen molar-refractivity contribution in [2.75, 3.05) is 11.9 Å². The third-order valence-corrected chi connectivity index (χ3v) is 3.30. The first-order valence-electron chi connectivity index (χ1n) is 4.96. The molecule has 0 spiro atoms. The summed E-state index contributed by atoms with van der Waals surface area (Å²) in [5, 5.41) is 7.82. The highest BCUT2D eigenvalue weighted by molar-refractivity contribution is 7.07. The van der Waals surface area contributed by atoms with Crippen molar-refractivity contribution in [1.82, 2.24) is 0 Å². The van der Waals surface area contributed by atoms with E-state index < -0.39 is 0 Å². The van der Waals surface area contributed by atoms with Crippen molar-refractivity contribution in [2.45, 2.75) is 6.42 Å². The quantitative estimate of drug-likeness (QED) is 0.864. The van der Waals surface area contributed by atoms with Crippen molar-refractivity contribution in [3.8, 4) is 0 Å². The van der Waals surface area contributed by atoms with Crippen LogP contribution < -0.4 is 5.32 Å². The van der Waals surface area contributed by atoms with Crippen LogP contribution in [0, 0.1) is 5.82 Å². The van der Waals surface area contributed by atoms with Crippen LogP contribution in [-0.4, -0.2) is 6.54 Å². The lowest BCUT2D eigenvalue weighted by Gasteiger charge is -2.07. The van der Waals surface area contributed by atoms with Crippen molar-refractivity contribution in [2.24, 2.45) is 0 Å². The van der Waals surface area contributed by atoms with Gasteiger partial charge in [-0.2, -0.15) is 11.3 Å². The maximum Gasteiger partial charge on any atom is 0.125 e.